The molecule has 2 aromatic carbocycles. The summed E-state index contributed by atoms with van der Waals surface area (Å²) in [6, 6.07) is 12.8. The molecule has 0 radical (unpaired) electrons. The highest BCUT2D eigenvalue weighted by atomic mass is 79.9. The van der Waals surface area contributed by atoms with Crippen LogP contribution >= 0.6 is 39.5 Å². The molecule has 3 aromatic rings. The zero-order valence-corrected chi connectivity index (χ0v) is 24.3. The molecule has 1 saturated heterocycles. The Bertz CT molecular complexity index is 1340. The number of aryl methyl sites for hydroxylation is 1. The van der Waals surface area contributed by atoms with E-state index in [-0.39, 0.29) is 4.08 Å². The van der Waals surface area contributed by atoms with Gasteiger partial charge in [-0.3, -0.25) is 0 Å². The molecule has 0 spiro atoms. The maximum absolute atomic E-state index is 13.6. The summed E-state index contributed by atoms with van der Waals surface area (Å²) in [5.74, 6) is 5.81. The highest BCUT2D eigenvalue weighted by molar-refractivity contribution is 9.10. The van der Waals surface area contributed by atoms with Crippen molar-refractivity contribution in [2.24, 2.45) is 0 Å². The Hall–Kier alpha value is -1.11. The van der Waals surface area contributed by atoms with Gasteiger partial charge in [0.25, 0.3) is 10.0 Å². The summed E-state index contributed by atoms with van der Waals surface area (Å²) >= 11 is 7.52. The molecule has 0 unspecified atom stereocenters. The highest BCUT2D eigenvalue weighted by Gasteiger charge is 2.35. The minimum atomic E-state index is -3.72. The van der Waals surface area contributed by atoms with E-state index < -0.39 is 18.1 Å². The Morgan fingerprint density at radius 1 is 1.09 bits per heavy atom. The Balaban J connectivity index is 1.87. The van der Waals surface area contributed by atoms with E-state index in [0.717, 1.165) is 32.5 Å². The van der Waals surface area contributed by atoms with E-state index in [1.165, 1.54) is 10.4 Å². The molecule has 1 aromatic heterocycles. The van der Waals surface area contributed by atoms with Gasteiger partial charge in [-0.05, 0) is 54.7 Å². The topological polar surface area (TPSA) is 39.1 Å². The van der Waals surface area contributed by atoms with Gasteiger partial charge < -0.3 is 0 Å². The number of benzene rings is 2. The predicted octanol–water partition coefficient (Wildman–Crippen LogP) is 6.94. The van der Waals surface area contributed by atoms with E-state index in [4.69, 9.17) is 0 Å². The van der Waals surface area contributed by atoms with Crippen LogP contribution in [-0.4, -0.2) is 36.0 Å². The molecule has 174 valence electrons. The minimum Gasteiger partial charge on any atom is -0.241 e. The summed E-state index contributed by atoms with van der Waals surface area (Å²) in [6.45, 7) is 8.75. The molecular formula is C25H28BrNO2S3Si. The lowest BCUT2D eigenvalue weighted by molar-refractivity contribution is 0.589. The molecule has 1 aliphatic rings. The lowest BCUT2D eigenvalue weighted by Gasteiger charge is -2.31. The van der Waals surface area contributed by atoms with E-state index in [9.17, 15) is 8.42 Å². The first kappa shape index (κ1) is 25.0. The van der Waals surface area contributed by atoms with Crippen LogP contribution in [0, 0.1) is 18.4 Å². The third-order valence-corrected chi connectivity index (χ3v) is 11.8. The van der Waals surface area contributed by atoms with Crippen LogP contribution in [0.5, 0.6) is 0 Å². The summed E-state index contributed by atoms with van der Waals surface area (Å²) in [5.41, 5.74) is 6.33. The molecular weight excluding hydrogens is 550 g/mol. The van der Waals surface area contributed by atoms with Crippen molar-refractivity contribution in [2.45, 2.75) is 48.4 Å². The van der Waals surface area contributed by atoms with Gasteiger partial charge in [-0.15, -0.1) is 29.1 Å². The van der Waals surface area contributed by atoms with E-state index in [2.05, 4.69) is 47.0 Å². The predicted molar refractivity (Wildman–Crippen MR) is 150 cm³/mol. The van der Waals surface area contributed by atoms with Gasteiger partial charge in [0.2, 0.25) is 0 Å². The van der Waals surface area contributed by atoms with E-state index in [1.54, 1.807) is 12.1 Å². The molecule has 0 N–H and O–H groups in total. The third kappa shape index (κ3) is 5.43. The van der Waals surface area contributed by atoms with Crippen molar-refractivity contribution in [1.82, 2.24) is 3.97 Å². The molecule has 4 rings (SSSR count). The molecule has 1 fully saturated rings. The molecule has 1 aliphatic heterocycles. The highest BCUT2D eigenvalue weighted by Crippen LogP contribution is 2.46. The van der Waals surface area contributed by atoms with Crippen molar-refractivity contribution in [2.75, 3.05) is 11.5 Å². The molecule has 0 atom stereocenters. The monoisotopic (exact) mass is 577 g/mol. The van der Waals surface area contributed by atoms with Gasteiger partial charge in [0.15, 0.2) is 0 Å². The van der Waals surface area contributed by atoms with E-state index in [0.29, 0.717) is 16.8 Å². The summed E-state index contributed by atoms with van der Waals surface area (Å²) in [4.78, 5) is 0.297. The van der Waals surface area contributed by atoms with E-state index >= 15 is 0 Å². The van der Waals surface area contributed by atoms with Gasteiger partial charge in [0.1, 0.15) is 12.2 Å². The van der Waals surface area contributed by atoms with Crippen molar-refractivity contribution in [3.8, 4) is 11.5 Å². The second kappa shape index (κ2) is 9.50. The van der Waals surface area contributed by atoms with Gasteiger partial charge in [-0.25, -0.2) is 12.4 Å². The van der Waals surface area contributed by atoms with Crippen LogP contribution in [0.2, 0.25) is 19.6 Å². The molecule has 0 bridgehead atoms. The largest absolute Gasteiger partial charge is 0.268 e. The first-order valence-electron chi connectivity index (χ1n) is 10.9. The van der Waals surface area contributed by atoms with Gasteiger partial charge in [-0.1, -0.05) is 65.3 Å². The number of fused-ring (bicyclic) bond motifs is 1. The molecule has 0 amide bonds. The zero-order chi connectivity index (χ0) is 23.9. The van der Waals surface area contributed by atoms with Gasteiger partial charge >= 0.3 is 0 Å². The van der Waals surface area contributed by atoms with Crippen molar-refractivity contribution < 1.29 is 8.42 Å². The summed E-state index contributed by atoms with van der Waals surface area (Å²) < 4.78 is 29.4. The zero-order valence-electron chi connectivity index (χ0n) is 19.3. The van der Waals surface area contributed by atoms with Gasteiger partial charge in [0, 0.05) is 22.5 Å². The summed E-state index contributed by atoms with van der Waals surface area (Å²) in [6.07, 6.45) is 3.70. The first-order chi connectivity index (χ1) is 15.5. The fourth-order valence-corrected chi connectivity index (χ4v) is 9.55. The SMILES string of the molecule is Cc1ccc(S(=O)(=O)n2cc(CC3(C#C[Si](C)(C)C)SCCCS3)c3c(Br)cccc32)cc1. The van der Waals surface area contributed by atoms with Crippen molar-refractivity contribution in [3.63, 3.8) is 0 Å². The molecule has 0 saturated carbocycles. The fourth-order valence-electron chi connectivity index (χ4n) is 3.77. The van der Waals surface area contributed by atoms with Crippen LogP contribution in [-0.2, 0) is 16.4 Å². The maximum Gasteiger partial charge on any atom is 0.268 e. The Kier molecular flexibility index (Phi) is 7.20. The first-order valence-corrected chi connectivity index (χ1v) is 18.6. The Morgan fingerprint density at radius 2 is 1.76 bits per heavy atom. The maximum atomic E-state index is 13.6. The van der Waals surface area contributed by atoms with Crippen molar-refractivity contribution in [3.05, 3.63) is 64.3 Å². The Labute approximate surface area is 215 Å². The number of nitrogens with zero attached hydrogens (tertiary/aromatic N) is 1. The van der Waals surface area contributed by atoms with Crippen LogP contribution in [0.3, 0.4) is 0 Å². The minimum absolute atomic E-state index is 0.249. The van der Waals surface area contributed by atoms with Crippen molar-refractivity contribution >= 4 is 68.5 Å². The summed E-state index contributed by atoms with van der Waals surface area (Å²) in [7, 11) is -5.26. The van der Waals surface area contributed by atoms with Crippen LogP contribution in [0.4, 0.5) is 0 Å². The lowest BCUT2D eigenvalue weighted by atomic mass is 10.1. The number of halogens is 1. The van der Waals surface area contributed by atoms with E-state index in [1.807, 2.05) is 67.0 Å². The van der Waals surface area contributed by atoms with Crippen LogP contribution < -0.4 is 0 Å². The molecule has 33 heavy (non-hydrogen) atoms. The quantitative estimate of drug-likeness (QED) is 0.248. The molecule has 2 heterocycles. The van der Waals surface area contributed by atoms with Crippen LogP contribution in [0.25, 0.3) is 10.9 Å². The lowest BCUT2D eigenvalue weighted by Crippen LogP contribution is -2.28. The smallest absolute Gasteiger partial charge is 0.241 e. The standard InChI is InChI=1S/C25H28BrNO2S3Si/c1-19-9-11-21(12-10-19)32(28,29)27-18-20(24-22(26)7-5-8-23(24)27)17-25(13-16-33(2,3)4)30-14-6-15-31-25/h5,7-12,18H,6,14-15,17H2,1-4H3. The molecule has 8 heteroatoms. The number of aromatic nitrogens is 1. The van der Waals surface area contributed by atoms with Gasteiger partial charge in [0.05, 0.1) is 10.4 Å². The second-order valence-corrected chi connectivity index (χ2v) is 19.8. The number of thioether (sulfide) groups is 2. The number of hydrogen-bond donors (Lipinski definition) is 0. The summed E-state index contributed by atoms with van der Waals surface area (Å²) in [5, 5.41) is 0.953. The van der Waals surface area contributed by atoms with Crippen LogP contribution in [0.15, 0.2) is 58.0 Å². The second-order valence-electron chi connectivity index (χ2n) is 9.38. The fraction of sp³-hybridized carbons (Fsp3) is 0.360. The van der Waals surface area contributed by atoms with Crippen LogP contribution in [0.1, 0.15) is 17.5 Å². The average molecular weight is 579 g/mol. The normalized spacial score (nSPS) is 16.4. The number of rotatable bonds is 4. The third-order valence-electron chi connectivity index (χ3n) is 5.41. The van der Waals surface area contributed by atoms with Gasteiger partial charge in [-0.2, -0.15) is 0 Å². The number of hydrogen-bond acceptors (Lipinski definition) is 4. The average Bonchev–Trinajstić information content (AvgIpc) is 3.13. The molecule has 0 aliphatic carbocycles. The van der Waals surface area contributed by atoms with Crippen molar-refractivity contribution in [1.29, 1.82) is 0 Å². The molecule has 3 nitrogen and oxygen atoms in total. The Morgan fingerprint density at radius 3 is 2.39 bits per heavy atom.